The highest BCUT2D eigenvalue weighted by Gasteiger charge is 2.26. The topological polar surface area (TPSA) is 63.4 Å². The van der Waals surface area contributed by atoms with Crippen LogP contribution in [0.15, 0.2) is 5.16 Å². The van der Waals surface area contributed by atoms with Gasteiger partial charge in [0.1, 0.15) is 10.7 Å². The number of thioether (sulfide) groups is 1. The first-order valence-corrected chi connectivity index (χ1v) is 12.0. The average molecular weight is 416 g/mol. The number of carbonyl (C=O) groups excluding carboxylic acids is 1. The van der Waals surface area contributed by atoms with Gasteiger partial charge in [0.15, 0.2) is 10.8 Å². The first kappa shape index (κ1) is 18.4. The number of fused-ring (bicyclic) bond motifs is 5. The standard InChI is InChI=1S/C20H25N5OS2/c1-3-15-21-19-17(13-7-6-12(2)10-14(13)28-19)18-22-23-20(25(15)18)27-11-16(26)24-8-4-5-9-24/h12H,3-11H2,1-2H3/t12-/m1/s1. The van der Waals surface area contributed by atoms with E-state index in [1.807, 2.05) is 16.2 Å². The third-order valence-electron chi connectivity index (χ3n) is 5.94. The van der Waals surface area contributed by atoms with Gasteiger partial charge in [-0.1, -0.05) is 25.6 Å². The van der Waals surface area contributed by atoms with Gasteiger partial charge in [0.2, 0.25) is 5.91 Å². The molecule has 1 saturated heterocycles. The van der Waals surface area contributed by atoms with Crippen LogP contribution < -0.4 is 0 Å². The second-order valence-electron chi connectivity index (χ2n) is 7.93. The van der Waals surface area contributed by atoms with Crippen molar-refractivity contribution in [2.75, 3.05) is 18.8 Å². The number of aromatic nitrogens is 4. The summed E-state index contributed by atoms with van der Waals surface area (Å²) in [5.41, 5.74) is 2.35. The molecule has 0 saturated carbocycles. The normalized spacial score (nSPS) is 19.6. The van der Waals surface area contributed by atoms with Gasteiger partial charge in [-0.2, -0.15) is 0 Å². The number of hydrogen-bond donors (Lipinski definition) is 0. The van der Waals surface area contributed by atoms with Crippen LogP contribution in [0.25, 0.3) is 15.9 Å². The maximum atomic E-state index is 12.5. The van der Waals surface area contributed by atoms with Crippen LogP contribution in [-0.4, -0.2) is 49.2 Å². The molecule has 0 N–H and O–H groups in total. The van der Waals surface area contributed by atoms with Crippen LogP contribution in [0.5, 0.6) is 0 Å². The fourth-order valence-corrected chi connectivity index (χ4v) is 6.64. The van der Waals surface area contributed by atoms with Crippen LogP contribution >= 0.6 is 23.1 Å². The van der Waals surface area contributed by atoms with Crippen LogP contribution in [0.3, 0.4) is 0 Å². The molecule has 6 nitrogen and oxygen atoms in total. The molecule has 0 spiro atoms. The Morgan fingerprint density at radius 3 is 2.89 bits per heavy atom. The molecular formula is C20H25N5OS2. The zero-order valence-electron chi connectivity index (χ0n) is 16.4. The molecule has 148 valence electrons. The lowest BCUT2D eigenvalue weighted by atomic mass is 9.89. The molecule has 2 aliphatic rings. The first-order chi connectivity index (χ1) is 13.7. The Morgan fingerprint density at radius 1 is 1.29 bits per heavy atom. The highest BCUT2D eigenvalue weighted by atomic mass is 32.2. The van der Waals surface area contributed by atoms with Crippen molar-refractivity contribution >= 4 is 44.9 Å². The molecule has 1 fully saturated rings. The molecule has 0 bridgehead atoms. The van der Waals surface area contributed by atoms with E-state index in [4.69, 9.17) is 4.98 Å². The lowest BCUT2D eigenvalue weighted by Crippen LogP contribution is -2.29. The first-order valence-electron chi connectivity index (χ1n) is 10.2. The van der Waals surface area contributed by atoms with Crippen LogP contribution in [0.4, 0.5) is 0 Å². The summed E-state index contributed by atoms with van der Waals surface area (Å²) in [6.07, 6.45) is 6.52. The summed E-state index contributed by atoms with van der Waals surface area (Å²) in [5.74, 6) is 2.34. The summed E-state index contributed by atoms with van der Waals surface area (Å²) in [5, 5.41) is 11.0. The van der Waals surface area contributed by atoms with E-state index >= 15 is 0 Å². The summed E-state index contributed by atoms with van der Waals surface area (Å²) in [6.45, 7) is 6.23. The molecular weight excluding hydrogens is 390 g/mol. The zero-order valence-corrected chi connectivity index (χ0v) is 18.0. The van der Waals surface area contributed by atoms with Crippen molar-refractivity contribution in [3.8, 4) is 0 Å². The third kappa shape index (κ3) is 3.01. The van der Waals surface area contributed by atoms with Crippen molar-refractivity contribution in [3.63, 3.8) is 0 Å². The van der Waals surface area contributed by atoms with E-state index in [0.717, 1.165) is 72.6 Å². The molecule has 1 aliphatic carbocycles. The lowest BCUT2D eigenvalue weighted by Gasteiger charge is -2.17. The molecule has 1 amide bonds. The molecule has 1 atom stereocenters. The molecule has 3 aromatic heterocycles. The van der Waals surface area contributed by atoms with Crippen LogP contribution in [0.2, 0.25) is 0 Å². The zero-order chi connectivity index (χ0) is 19.3. The minimum Gasteiger partial charge on any atom is -0.342 e. The fourth-order valence-electron chi connectivity index (χ4n) is 4.39. The minimum absolute atomic E-state index is 0.202. The molecule has 8 heteroatoms. The Hall–Kier alpha value is -1.67. The summed E-state index contributed by atoms with van der Waals surface area (Å²) in [4.78, 5) is 22.0. The monoisotopic (exact) mass is 415 g/mol. The van der Waals surface area contributed by atoms with Crippen molar-refractivity contribution in [1.82, 2.24) is 24.5 Å². The predicted octanol–water partition coefficient (Wildman–Crippen LogP) is 3.74. The minimum atomic E-state index is 0.202. The van der Waals surface area contributed by atoms with Gasteiger partial charge in [0, 0.05) is 24.4 Å². The smallest absolute Gasteiger partial charge is 0.233 e. The van der Waals surface area contributed by atoms with Gasteiger partial charge in [-0.3, -0.25) is 9.20 Å². The average Bonchev–Trinajstić information content (AvgIpc) is 3.42. The number of thiophene rings is 1. The van der Waals surface area contributed by atoms with Crippen molar-refractivity contribution < 1.29 is 4.79 Å². The second kappa shape index (κ2) is 7.30. The maximum absolute atomic E-state index is 12.5. The van der Waals surface area contributed by atoms with Gasteiger partial charge in [-0.15, -0.1) is 21.5 Å². The fraction of sp³-hybridized carbons (Fsp3) is 0.600. The van der Waals surface area contributed by atoms with Gasteiger partial charge >= 0.3 is 0 Å². The Bertz CT molecular complexity index is 1050. The van der Waals surface area contributed by atoms with Crippen LogP contribution in [-0.2, 0) is 24.1 Å². The van der Waals surface area contributed by atoms with Gasteiger partial charge in [-0.05, 0) is 43.6 Å². The number of carbonyl (C=O) groups is 1. The van der Waals surface area contributed by atoms with E-state index in [-0.39, 0.29) is 5.91 Å². The Morgan fingerprint density at radius 2 is 2.11 bits per heavy atom. The number of likely N-dealkylation sites (tertiary alicyclic amines) is 1. The van der Waals surface area contributed by atoms with Gasteiger partial charge in [-0.25, -0.2) is 4.98 Å². The largest absolute Gasteiger partial charge is 0.342 e. The van der Waals surface area contributed by atoms with Crippen LogP contribution in [0, 0.1) is 5.92 Å². The van der Waals surface area contributed by atoms with Crippen molar-refractivity contribution in [2.45, 2.75) is 57.5 Å². The summed E-state index contributed by atoms with van der Waals surface area (Å²) in [7, 11) is 0. The Labute approximate surface area is 172 Å². The number of rotatable bonds is 4. The van der Waals surface area contributed by atoms with Gasteiger partial charge < -0.3 is 4.90 Å². The van der Waals surface area contributed by atoms with Crippen LogP contribution in [0.1, 0.15) is 49.4 Å². The Kier molecular flexibility index (Phi) is 4.79. The van der Waals surface area contributed by atoms with Gasteiger partial charge in [0.05, 0.1) is 11.1 Å². The molecule has 0 aromatic carbocycles. The van der Waals surface area contributed by atoms with Crippen molar-refractivity contribution in [3.05, 3.63) is 16.3 Å². The number of nitrogens with zero attached hydrogens (tertiary/aromatic N) is 5. The van der Waals surface area contributed by atoms with E-state index in [1.54, 1.807) is 0 Å². The number of aryl methyl sites for hydroxylation is 2. The van der Waals surface area contributed by atoms with E-state index in [1.165, 1.54) is 34.0 Å². The molecule has 28 heavy (non-hydrogen) atoms. The highest BCUT2D eigenvalue weighted by Crippen LogP contribution is 2.39. The molecule has 0 unspecified atom stereocenters. The Balaban J connectivity index is 1.54. The predicted molar refractivity (Wildman–Crippen MR) is 113 cm³/mol. The summed E-state index contributed by atoms with van der Waals surface area (Å²) in [6, 6.07) is 0. The molecule has 5 rings (SSSR count). The molecule has 4 heterocycles. The lowest BCUT2D eigenvalue weighted by molar-refractivity contribution is -0.127. The summed E-state index contributed by atoms with van der Waals surface area (Å²) < 4.78 is 2.09. The number of hydrogen-bond acceptors (Lipinski definition) is 6. The molecule has 3 aromatic rings. The van der Waals surface area contributed by atoms with E-state index in [2.05, 4.69) is 28.4 Å². The third-order valence-corrected chi connectivity index (χ3v) is 8.00. The summed E-state index contributed by atoms with van der Waals surface area (Å²) >= 11 is 3.32. The SMILES string of the molecule is CCc1nc2sc3c(c2c2nnc(SCC(=O)N4CCCC4)n12)CC[C@@H](C)C3. The molecule has 1 aliphatic heterocycles. The van der Waals surface area contributed by atoms with E-state index in [9.17, 15) is 4.79 Å². The highest BCUT2D eigenvalue weighted by molar-refractivity contribution is 7.99. The van der Waals surface area contributed by atoms with E-state index in [0.29, 0.717) is 5.75 Å². The van der Waals surface area contributed by atoms with Crippen molar-refractivity contribution in [1.29, 1.82) is 0 Å². The maximum Gasteiger partial charge on any atom is 0.233 e. The van der Waals surface area contributed by atoms with E-state index < -0.39 is 0 Å². The second-order valence-corrected chi connectivity index (χ2v) is 9.96. The van der Waals surface area contributed by atoms with Crippen molar-refractivity contribution in [2.24, 2.45) is 5.92 Å². The quantitative estimate of drug-likeness (QED) is 0.608. The number of amides is 1. The van der Waals surface area contributed by atoms with Gasteiger partial charge in [0.25, 0.3) is 0 Å². The molecule has 0 radical (unpaired) electrons.